The molecule has 8 heteroatoms. The van der Waals surface area contributed by atoms with Crippen LogP contribution in [0.15, 0.2) is 60.0 Å². The van der Waals surface area contributed by atoms with E-state index in [4.69, 9.17) is 10.1 Å². The Kier molecular flexibility index (Phi) is 5.00. The molecule has 0 fully saturated rings. The molecule has 1 aliphatic heterocycles. The quantitative estimate of drug-likeness (QED) is 0.507. The minimum atomic E-state index is -0.495. The molecule has 2 aromatic carbocycles. The van der Waals surface area contributed by atoms with Crippen molar-refractivity contribution in [3.8, 4) is 11.4 Å². The van der Waals surface area contributed by atoms with E-state index in [0.29, 0.717) is 28.7 Å². The van der Waals surface area contributed by atoms with Crippen molar-refractivity contribution in [2.24, 2.45) is 4.99 Å². The van der Waals surface area contributed by atoms with E-state index in [1.807, 2.05) is 46.5 Å². The zero-order valence-electron chi connectivity index (χ0n) is 18.8. The molecule has 2 N–H and O–H groups in total. The smallest absolute Gasteiger partial charge is 0.205 e. The van der Waals surface area contributed by atoms with Gasteiger partial charge in [-0.05, 0) is 61.7 Å². The first-order valence-corrected chi connectivity index (χ1v) is 10.8. The Morgan fingerprint density at radius 1 is 1.21 bits per heavy atom. The average molecular weight is 445 g/mol. The number of hydrogen-bond donors (Lipinski definition) is 2. The van der Waals surface area contributed by atoms with Gasteiger partial charge in [-0.1, -0.05) is 18.2 Å². The molecule has 1 unspecified atom stereocenters. The third kappa shape index (κ3) is 3.57. The summed E-state index contributed by atoms with van der Waals surface area (Å²) in [5.74, 6) is 0.433. The minimum absolute atomic E-state index is 0.273. The van der Waals surface area contributed by atoms with Gasteiger partial charge < -0.3 is 14.3 Å². The summed E-state index contributed by atoms with van der Waals surface area (Å²) in [6.07, 6.45) is 6.34. The van der Waals surface area contributed by atoms with Crippen LogP contribution in [0.25, 0.3) is 11.8 Å². The molecule has 0 saturated heterocycles. The van der Waals surface area contributed by atoms with Gasteiger partial charge in [0.15, 0.2) is 5.49 Å². The molecule has 0 radical (unpaired) electrons. The van der Waals surface area contributed by atoms with Crippen molar-refractivity contribution in [3.05, 3.63) is 94.1 Å². The molecule has 0 aliphatic carbocycles. The molecular weight excluding hydrogens is 419 g/mol. The van der Waals surface area contributed by atoms with Crippen molar-refractivity contribution < 1.29 is 9.13 Å². The van der Waals surface area contributed by atoms with Crippen molar-refractivity contribution in [2.75, 3.05) is 13.7 Å². The van der Waals surface area contributed by atoms with E-state index in [0.717, 1.165) is 28.9 Å². The Hall–Kier alpha value is -3.94. The fourth-order valence-electron chi connectivity index (χ4n) is 4.45. The number of H-pyrrole nitrogens is 1. The summed E-state index contributed by atoms with van der Waals surface area (Å²) in [5, 5.41) is 9.55. The first-order valence-electron chi connectivity index (χ1n) is 10.8. The van der Waals surface area contributed by atoms with Gasteiger partial charge in [0.25, 0.3) is 0 Å². The van der Waals surface area contributed by atoms with Gasteiger partial charge >= 0.3 is 0 Å². The second-order valence-corrected chi connectivity index (χ2v) is 8.46. The Morgan fingerprint density at radius 3 is 2.70 bits per heavy atom. The molecule has 2 aromatic heterocycles. The third-order valence-electron chi connectivity index (χ3n) is 6.26. The second kappa shape index (κ2) is 7.88. The van der Waals surface area contributed by atoms with Crippen LogP contribution in [0.1, 0.15) is 30.2 Å². The van der Waals surface area contributed by atoms with E-state index in [1.165, 1.54) is 12.1 Å². The number of hydrogen-bond acceptors (Lipinski definition) is 4. The zero-order valence-corrected chi connectivity index (χ0v) is 18.8. The molecule has 7 nitrogen and oxygen atoms in total. The molecule has 3 heterocycles. The van der Waals surface area contributed by atoms with Gasteiger partial charge in [0.05, 0.1) is 35.7 Å². The standard InChI is InChI=1S/C25H25FN6O/c1-16-14-31(15-29-16)21-9-4-17(13-22(21)33-3)12-20-23(27)32-24(30-20)28-11-10-25(32,2)18-5-7-19(26)8-6-18/h4-9,12-15,27H,10-11H2,1-3H3,(H,28,30). The Bertz CT molecular complexity index is 1510. The molecule has 0 saturated carbocycles. The lowest BCUT2D eigenvalue weighted by Crippen LogP contribution is -2.49. The Morgan fingerprint density at radius 2 is 2.00 bits per heavy atom. The molecule has 1 atom stereocenters. The normalized spacial score (nSPS) is 18.1. The van der Waals surface area contributed by atoms with Crippen LogP contribution in [0, 0.1) is 18.2 Å². The highest BCUT2D eigenvalue weighted by atomic mass is 19.1. The van der Waals surface area contributed by atoms with Gasteiger partial charge in [0.2, 0.25) is 5.62 Å². The fourth-order valence-corrected chi connectivity index (χ4v) is 4.45. The van der Waals surface area contributed by atoms with Crippen molar-refractivity contribution in [1.29, 1.82) is 5.41 Å². The Balaban J connectivity index is 1.61. The largest absolute Gasteiger partial charge is 0.495 e. The van der Waals surface area contributed by atoms with Gasteiger partial charge in [-0.3, -0.25) is 15.0 Å². The maximum atomic E-state index is 13.5. The molecule has 4 aromatic rings. The molecule has 168 valence electrons. The molecule has 5 rings (SSSR count). The minimum Gasteiger partial charge on any atom is -0.495 e. The number of aromatic amines is 1. The van der Waals surface area contributed by atoms with Crippen LogP contribution in [-0.4, -0.2) is 32.8 Å². The van der Waals surface area contributed by atoms with Gasteiger partial charge in [0, 0.05) is 12.7 Å². The molecular formula is C25H25FN6O. The maximum Gasteiger partial charge on any atom is 0.205 e. The van der Waals surface area contributed by atoms with Crippen molar-refractivity contribution in [2.45, 2.75) is 25.8 Å². The highest BCUT2D eigenvalue weighted by Gasteiger charge is 2.33. The SMILES string of the molecule is COc1cc(C=c2[nH]c3n(c2=N)C(C)(c2ccc(F)cc2)CCN=3)ccc1-n1cnc(C)c1. The highest BCUT2D eigenvalue weighted by molar-refractivity contribution is 5.57. The number of benzene rings is 2. The summed E-state index contributed by atoms with van der Waals surface area (Å²) < 4.78 is 22.9. The van der Waals surface area contributed by atoms with Gasteiger partial charge in [-0.15, -0.1) is 0 Å². The summed E-state index contributed by atoms with van der Waals surface area (Å²) in [6.45, 7) is 4.63. The summed E-state index contributed by atoms with van der Waals surface area (Å²) in [7, 11) is 1.64. The molecule has 33 heavy (non-hydrogen) atoms. The monoisotopic (exact) mass is 444 g/mol. The van der Waals surface area contributed by atoms with Gasteiger partial charge in [-0.2, -0.15) is 0 Å². The number of methoxy groups -OCH3 is 1. The molecule has 0 spiro atoms. The van der Waals surface area contributed by atoms with E-state index in [1.54, 1.807) is 25.6 Å². The van der Waals surface area contributed by atoms with Gasteiger partial charge in [-0.25, -0.2) is 9.37 Å². The number of rotatable bonds is 4. The van der Waals surface area contributed by atoms with Gasteiger partial charge in [0.1, 0.15) is 11.6 Å². The lowest BCUT2D eigenvalue weighted by molar-refractivity contribution is 0.319. The van der Waals surface area contributed by atoms with E-state index < -0.39 is 5.54 Å². The van der Waals surface area contributed by atoms with E-state index in [2.05, 4.69) is 21.9 Å². The fraction of sp³-hybridized carbons (Fsp3) is 0.240. The third-order valence-corrected chi connectivity index (χ3v) is 6.26. The van der Waals surface area contributed by atoms with E-state index >= 15 is 0 Å². The predicted molar refractivity (Wildman–Crippen MR) is 122 cm³/mol. The topological polar surface area (TPSA) is 84.0 Å². The number of ether oxygens (including phenoxy) is 1. The number of halogens is 1. The number of imidazole rings is 2. The first kappa shape index (κ1) is 20.9. The second-order valence-electron chi connectivity index (χ2n) is 8.46. The maximum absolute atomic E-state index is 13.5. The summed E-state index contributed by atoms with van der Waals surface area (Å²) in [4.78, 5) is 12.2. The van der Waals surface area contributed by atoms with E-state index in [9.17, 15) is 4.39 Å². The van der Waals surface area contributed by atoms with Crippen molar-refractivity contribution >= 4 is 6.08 Å². The number of aromatic nitrogens is 4. The first-order chi connectivity index (χ1) is 15.9. The molecule has 0 bridgehead atoms. The number of nitrogens with zero attached hydrogens (tertiary/aromatic N) is 4. The van der Waals surface area contributed by atoms with Crippen molar-refractivity contribution in [3.63, 3.8) is 0 Å². The van der Waals surface area contributed by atoms with Crippen molar-refractivity contribution in [1.82, 2.24) is 19.1 Å². The number of aryl methyl sites for hydroxylation is 1. The van der Waals surface area contributed by atoms with Crippen LogP contribution in [0.2, 0.25) is 0 Å². The van der Waals surface area contributed by atoms with Crippen LogP contribution >= 0.6 is 0 Å². The van der Waals surface area contributed by atoms with E-state index in [-0.39, 0.29) is 5.82 Å². The average Bonchev–Trinajstić information content (AvgIpc) is 3.38. The molecule has 0 amide bonds. The van der Waals surface area contributed by atoms with Crippen LogP contribution in [-0.2, 0) is 5.54 Å². The summed E-state index contributed by atoms with van der Waals surface area (Å²) in [6, 6.07) is 12.4. The Labute approximate surface area is 190 Å². The van der Waals surface area contributed by atoms with Crippen LogP contribution in [0.5, 0.6) is 5.75 Å². The zero-order chi connectivity index (χ0) is 23.2. The summed E-state index contributed by atoms with van der Waals surface area (Å²) >= 11 is 0. The predicted octanol–water partition coefficient (Wildman–Crippen LogP) is 2.55. The summed E-state index contributed by atoms with van der Waals surface area (Å²) in [5.41, 5.74) is 4.13. The lowest BCUT2D eigenvalue weighted by Gasteiger charge is -2.33. The lowest BCUT2D eigenvalue weighted by atomic mass is 9.87. The molecule has 1 aliphatic rings. The van der Waals surface area contributed by atoms with Crippen LogP contribution in [0.3, 0.4) is 0 Å². The number of nitrogens with one attached hydrogen (secondary N) is 2. The number of fused-ring (bicyclic) bond motifs is 1. The van der Waals surface area contributed by atoms with Crippen LogP contribution < -0.4 is 21.2 Å². The highest BCUT2D eigenvalue weighted by Crippen LogP contribution is 2.29. The van der Waals surface area contributed by atoms with Crippen LogP contribution in [0.4, 0.5) is 4.39 Å².